The molecule has 0 atom stereocenters. The second-order valence-corrected chi connectivity index (χ2v) is 5.98. The van der Waals surface area contributed by atoms with Gasteiger partial charge in [0.15, 0.2) is 0 Å². The van der Waals surface area contributed by atoms with Gasteiger partial charge in [-0.1, -0.05) is 12.1 Å². The lowest BCUT2D eigenvalue weighted by Gasteiger charge is -2.12. The summed E-state index contributed by atoms with van der Waals surface area (Å²) in [5.74, 6) is 0. The molecule has 0 saturated heterocycles. The Bertz CT molecular complexity index is 517. The van der Waals surface area contributed by atoms with Gasteiger partial charge in [0, 0.05) is 20.2 Å². The molecule has 0 bridgehead atoms. The van der Waals surface area contributed by atoms with Gasteiger partial charge in [-0.2, -0.15) is 0 Å². The first-order chi connectivity index (χ1) is 9.53. The van der Waals surface area contributed by atoms with Crippen molar-refractivity contribution in [1.29, 1.82) is 0 Å². The molecule has 20 heavy (non-hydrogen) atoms. The first kappa shape index (κ1) is 17.1. The molecule has 1 rings (SSSR count). The highest BCUT2D eigenvalue weighted by atomic mass is 32.2. The lowest BCUT2D eigenvalue weighted by atomic mass is 10.1. The van der Waals surface area contributed by atoms with Gasteiger partial charge in [-0.3, -0.25) is 0 Å². The number of benzene rings is 1. The Kier molecular flexibility index (Phi) is 7.11. The summed E-state index contributed by atoms with van der Waals surface area (Å²) in [6.07, 6.45) is 0. The van der Waals surface area contributed by atoms with Crippen molar-refractivity contribution in [3.05, 3.63) is 29.3 Å². The minimum atomic E-state index is -3.53. The molecule has 0 aliphatic heterocycles. The highest BCUT2D eigenvalue weighted by Gasteiger charge is 2.17. The van der Waals surface area contributed by atoms with Gasteiger partial charge in [0.1, 0.15) is 0 Å². The van der Waals surface area contributed by atoms with E-state index in [1.165, 1.54) is 0 Å². The maximum atomic E-state index is 12.2. The van der Waals surface area contributed by atoms with Gasteiger partial charge in [0.05, 0.1) is 24.7 Å². The zero-order chi connectivity index (χ0) is 15.0. The van der Waals surface area contributed by atoms with Crippen molar-refractivity contribution >= 4 is 10.0 Å². The van der Waals surface area contributed by atoms with E-state index in [2.05, 4.69) is 4.72 Å². The van der Waals surface area contributed by atoms with Crippen LogP contribution in [-0.2, 0) is 26.0 Å². The number of nitrogens with one attached hydrogen (secondary N) is 1. The molecule has 0 fully saturated rings. The third-order valence-corrected chi connectivity index (χ3v) is 4.48. The van der Waals surface area contributed by atoms with Crippen molar-refractivity contribution in [2.24, 2.45) is 5.73 Å². The quantitative estimate of drug-likeness (QED) is 0.644. The van der Waals surface area contributed by atoms with E-state index < -0.39 is 10.0 Å². The Balaban J connectivity index is 2.61. The Morgan fingerprint density at radius 2 is 2.00 bits per heavy atom. The fourth-order valence-corrected chi connectivity index (χ4v) is 3.04. The van der Waals surface area contributed by atoms with Crippen LogP contribution in [0.25, 0.3) is 0 Å². The molecule has 0 radical (unpaired) electrons. The van der Waals surface area contributed by atoms with Crippen LogP contribution >= 0.6 is 0 Å². The summed E-state index contributed by atoms with van der Waals surface area (Å²) in [6.45, 7) is 3.53. The van der Waals surface area contributed by atoms with Crippen molar-refractivity contribution in [2.45, 2.75) is 18.4 Å². The van der Waals surface area contributed by atoms with Gasteiger partial charge in [-0.25, -0.2) is 13.1 Å². The Labute approximate surface area is 120 Å². The van der Waals surface area contributed by atoms with Crippen molar-refractivity contribution in [1.82, 2.24) is 4.72 Å². The average Bonchev–Trinajstić information content (AvgIpc) is 2.42. The maximum absolute atomic E-state index is 12.2. The summed E-state index contributed by atoms with van der Waals surface area (Å²) in [7, 11) is -1.95. The average molecular weight is 302 g/mol. The van der Waals surface area contributed by atoms with Gasteiger partial charge in [0.2, 0.25) is 10.0 Å². The third kappa shape index (κ3) is 4.84. The fourth-order valence-electron chi connectivity index (χ4n) is 1.74. The van der Waals surface area contributed by atoms with Gasteiger partial charge in [0.25, 0.3) is 0 Å². The largest absolute Gasteiger partial charge is 0.382 e. The number of methoxy groups -OCH3 is 1. The van der Waals surface area contributed by atoms with Gasteiger partial charge < -0.3 is 15.2 Å². The van der Waals surface area contributed by atoms with E-state index in [9.17, 15) is 8.42 Å². The smallest absolute Gasteiger partial charge is 0.240 e. The van der Waals surface area contributed by atoms with Crippen LogP contribution in [0, 0.1) is 6.92 Å². The van der Waals surface area contributed by atoms with Crippen molar-refractivity contribution in [3.63, 3.8) is 0 Å². The molecule has 0 aliphatic carbocycles. The summed E-state index contributed by atoms with van der Waals surface area (Å²) < 4.78 is 36.9. The van der Waals surface area contributed by atoms with E-state index in [-0.39, 0.29) is 11.4 Å². The summed E-state index contributed by atoms with van der Waals surface area (Å²) in [4.78, 5) is 0.261. The second kappa shape index (κ2) is 8.33. The van der Waals surface area contributed by atoms with Crippen LogP contribution in [0.15, 0.2) is 23.1 Å². The number of hydrogen-bond donors (Lipinski definition) is 2. The van der Waals surface area contributed by atoms with E-state index in [1.54, 1.807) is 26.2 Å². The van der Waals surface area contributed by atoms with Crippen LogP contribution in [-0.4, -0.2) is 41.9 Å². The third-order valence-electron chi connectivity index (χ3n) is 2.88. The van der Waals surface area contributed by atoms with E-state index >= 15 is 0 Å². The molecule has 1 aromatic rings. The Morgan fingerprint density at radius 3 is 2.65 bits per heavy atom. The molecular weight excluding hydrogens is 280 g/mol. The van der Waals surface area contributed by atoms with E-state index in [1.807, 2.05) is 6.07 Å². The van der Waals surface area contributed by atoms with Gasteiger partial charge >= 0.3 is 0 Å². The van der Waals surface area contributed by atoms with Crippen molar-refractivity contribution in [3.8, 4) is 0 Å². The normalized spacial score (nSPS) is 11.8. The highest BCUT2D eigenvalue weighted by Crippen LogP contribution is 2.18. The molecule has 6 nitrogen and oxygen atoms in total. The molecule has 0 unspecified atom stereocenters. The Hall–Kier alpha value is -0.990. The molecule has 0 spiro atoms. The molecule has 0 amide bonds. The molecule has 0 heterocycles. The van der Waals surface area contributed by atoms with Crippen molar-refractivity contribution < 1.29 is 17.9 Å². The van der Waals surface area contributed by atoms with Crippen LogP contribution in [0.3, 0.4) is 0 Å². The molecule has 3 N–H and O–H groups in total. The predicted octanol–water partition coefficient (Wildman–Crippen LogP) is 0.395. The fraction of sp³-hybridized carbons (Fsp3) is 0.538. The molecule has 114 valence electrons. The summed E-state index contributed by atoms with van der Waals surface area (Å²) in [5.41, 5.74) is 7.09. The summed E-state index contributed by atoms with van der Waals surface area (Å²) in [6, 6.07) is 5.09. The van der Waals surface area contributed by atoms with E-state index in [4.69, 9.17) is 15.2 Å². The topological polar surface area (TPSA) is 90.6 Å². The molecule has 7 heteroatoms. The zero-order valence-corrected chi connectivity index (χ0v) is 12.7. The molecular formula is C13H22N2O4S. The SMILES string of the molecule is COCCOCCNS(=O)(=O)c1cccc(CN)c1C. The molecule has 1 aromatic carbocycles. The second-order valence-electron chi connectivity index (χ2n) is 4.25. The molecule has 0 aromatic heterocycles. The summed E-state index contributed by atoms with van der Waals surface area (Å²) in [5, 5.41) is 0. The van der Waals surface area contributed by atoms with Crippen LogP contribution in [0.5, 0.6) is 0 Å². The first-order valence-corrected chi connectivity index (χ1v) is 7.86. The summed E-state index contributed by atoms with van der Waals surface area (Å²) >= 11 is 0. The Morgan fingerprint density at radius 1 is 1.25 bits per heavy atom. The number of hydrogen-bond acceptors (Lipinski definition) is 5. The van der Waals surface area contributed by atoms with Crippen LogP contribution in [0.1, 0.15) is 11.1 Å². The predicted molar refractivity (Wildman–Crippen MR) is 77.0 cm³/mol. The minimum absolute atomic E-state index is 0.221. The van der Waals surface area contributed by atoms with Crippen LogP contribution in [0.2, 0.25) is 0 Å². The first-order valence-electron chi connectivity index (χ1n) is 6.38. The lowest BCUT2D eigenvalue weighted by molar-refractivity contribution is 0.0736. The van der Waals surface area contributed by atoms with Crippen LogP contribution < -0.4 is 10.5 Å². The highest BCUT2D eigenvalue weighted by molar-refractivity contribution is 7.89. The number of rotatable bonds is 9. The van der Waals surface area contributed by atoms with E-state index in [0.29, 0.717) is 31.9 Å². The van der Waals surface area contributed by atoms with Crippen LogP contribution in [0.4, 0.5) is 0 Å². The molecule has 0 aliphatic rings. The standard InChI is InChI=1S/C13H22N2O4S/c1-11-12(10-14)4-3-5-13(11)20(16,17)15-6-7-19-9-8-18-2/h3-5,15H,6-10,14H2,1-2H3. The zero-order valence-electron chi connectivity index (χ0n) is 11.9. The van der Waals surface area contributed by atoms with Gasteiger partial charge in [-0.15, -0.1) is 0 Å². The van der Waals surface area contributed by atoms with E-state index in [0.717, 1.165) is 5.56 Å². The maximum Gasteiger partial charge on any atom is 0.240 e. The number of sulfonamides is 1. The number of ether oxygens (including phenoxy) is 2. The molecule has 0 saturated carbocycles. The lowest BCUT2D eigenvalue weighted by Crippen LogP contribution is -2.28. The van der Waals surface area contributed by atoms with Gasteiger partial charge in [-0.05, 0) is 24.1 Å². The van der Waals surface area contributed by atoms with Crippen molar-refractivity contribution in [2.75, 3.05) is 33.5 Å². The minimum Gasteiger partial charge on any atom is -0.382 e. The number of nitrogens with two attached hydrogens (primary N) is 1. The monoisotopic (exact) mass is 302 g/mol.